The molecule has 0 aliphatic carbocycles. The molecule has 2 heterocycles. The SMILES string of the molecule is CCCn1ncc(Cl)c1C(=O)c1csc(I)c1. The van der Waals surface area contributed by atoms with Crippen molar-refractivity contribution in [2.45, 2.75) is 19.9 Å². The Hall–Kier alpha value is -0.400. The quantitative estimate of drug-likeness (QED) is 0.596. The maximum Gasteiger partial charge on any atom is 0.213 e. The molecule has 0 saturated carbocycles. The van der Waals surface area contributed by atoms with Crippen molar-refractivity contribution in [2.24, 2.45) is 0 Å². The Kier molecular flexibility index (Phi) is 4.22. The van der Waals surface area contributed by atoms with Crippen LogP contribution in [-0.4, -0.2) is 15.6 Å². The molecule has 0 radical (unpaired) electrons. The Bertz CT molecular complexity index is 549. The number of carbonyl (C=O) groups excluding carboxylic acids is 1. The zero-order chi connectivity index (χ0) is 12.4. The molecule has 2 rings (SSSR count). The largest absolute Gasteiger partial charge is 0.287 e. The number of halogens is 2. The summed E-state index contributed by atoms with van der Waals surface area (Å²) in [7, 11) is 0. The lowest BCUT2D eigenvalue weighted by Crippen LogP contribution is -2.11. The molecule has 2 aromatic heterocycles. The third-order valence-electron chi connectivity index (χ3n) is 2.27. The van der Waals surface area contributed by atoms with Crippen molar-refractivity contribution in [3.63, 3.8) is 0 Å². The van der Waals surface area contributed by atoms with Crippen LogP contribution in [0.15, 0.2) is 17.6 Å². The van der Waals surface area contributed by atoms with E-state index in [0.717, 1.165) is 9.30 Å². The number of aryl methyl sites for hydroxylation is 1. The predicted molar refractivity (Wildman–Crippen MR) is 78.0 cm³/mol. The molecule has 0 bridgehead atoms. The van der Waals surface area contributed by atoms with E-state index in [1.165, 1.54) is 6.20 Å². The Balaban J connectivity index is 2.39. The molecule has 0 N–H and O–H groups in total. The summed E-state index contributed by atoms with van der Waals surface area (Å²) >= 11 is 9.77. The van der Waals surface area contributed by atoms with Crippen molar-refractivity contribution in [3.05, 3.63) is 36.8 Å². The molecule has 3 nitrogen and oxygen atoms in total. The fraction of sp³-hybridized carbons (Fsp3) is 0.273. The number of ketones is 1. The van der Waals surface area contributed by atoms with E-state index in [1.54, 1.807) is 16.0 Å². The van der Waals surface area contributed by atoms with E-state index in [2.05, 4.69) is 27.7 Å². The smallest absolute Gasteiger partial charge is 0.213 e. The minimum atomic E-state index is -0.0554. The highest BCUT2D eigenvalue weighted by atomic mass is 127. The molecule has 6 heteroatoms. The van der Waals surface area contributed by atoms with Crippen molar-refractivity contribution < 1.29 is 4.79 Å². The first kappa shape index (κ1) is 13.0. The van der Waals surface area contributed by atoms with Gasteiger partial charge in [0.2, 0.25) is 5.78 Å². The molecule has 0 spiro atoms. The van der Waals surface area contributed by atoms with Gasteiger partial charge >= 0.3 is 0 Å². The molecular weight excluding hydrogens is 371 g/mol. The topological polar surface area (TPSA) is 34.9 Å². The van der Waals surface area contributed by atoms with E-state index in [9.17, 15) is 4.79 Å². The second-order valence-electron chi connectivity index (χ2n) is 3.53. The average molecular weight is 381 g/mol. The number of carbonyl (C=O) groups is 1. The molecule has 0 aliphatic heterocycles. The lowest BCUT2D eigenvalue weighted by Gasteiger charge is -2.04. The van der Waals surface area contributed by atoms with E-state index in [4.69, 9.17) is 11.6 Å². The zero-order valence-electron chi connectivity index (χ0n) is 9.11. The third-order valence-corrected chi connectivity index (χ3v) is 4.34. The van der Waals surface area contributed by atoms with Crippen LogP contribution in [0.3, 0.4) is 0 Å². The number of hydrogen-bond acceptors (Lipinski definition) is 3. The summed E-state index contributed by atoms with van der Waals surface area (Å²) in [5.41, 5.74) is 1.17. The highest BCUT2D eigenvalue weighted by Gasteiger charge is 2.19. The Morgan fingerprint density at radius 2 is 2.41 bits per heavy atom. The molecule has 0 unspecified atom stereocenters. The van der Waals surface area contributed by atoms with Crippen LogP contribution >= 0.6 is 45.5 Å². The predicted octanol–water partition coefficient (Wildman–Crippen LogP) is 3.84. The lowest BCUT2D eigenvalue weighted by atomic mass is 10.1. The average Bonchev–Trinajstić information content (AvgIpc) is 2.86. The van der Waals surface area contributed by atoms with Gasteiger partial charge in [0.1, 0.15) is 5.69 Å². The van der Waals surface area contributed by atoms with Gasteiger partial charge < -0.3 is 0 Å². The Morgan fingerprint density at radius 3 is 3.00 bits per heavy atom. The van der Waals surface area contributed by atoms with Gasteiger partial charge in [-0.2, -0.15) is 5.10 Å². The van der Waals surface area contributed by atoms with E-state index in [-0.39, 0.29) is 5.78 Å². The first-order valence-corrected chi connectivity index (χ1v) is 7.47. The van der Waals surface area contributed by atoms with Crippen LogP contribution in [-0.2, 0) is 6.54 Å². The molecular formula is C11H10ClIN2OS. The van der Waals surface area contributed by atoms with Gasteiger partial charge in [-0.15, -0.1) is 11.3 Å². The maximum atomic E-state index is 12.3. The number of thiophene rings is 1. The molecule has 90 valence electrons. The fourth-order valence-electron chi connectivity index (χ4n) is 1.54. The van der Waals surface area contributed by atoms with Crippen LogP contribution < -0.4 is 0 Å². The van der Waals surface area contributed by atoms with Gasteiger partial charge in [0.05, 0.1) is 14.1 Å². The van der Waals surface area contributed by atoms with E-state index < -0.39 is 0 Å². The molecule has 0 saturated heterocycles. The van der Waals surface area contributed by atoms with Crippen molar-refractivity contribution in [3.8, 4) is 0 Å². The van der Waals surface area contributed by atoms with Crippen LogP contribution in [0.25, 0.3) is 0 Å². The summed E-state index contributed by atoms with van der Waals surface area (Å²) in [6, 6.07) is 1.87. The first-order valence-electron chi connectivity index (χ1n) is 5.13. The monoisotopic (exact) mass is 380 g/mol. The van der Waals surface area contributed by atoms with Crippen molar-refractivity contribution in [1.29, 1.82) is 0 Å². The van der Waals surface area contributed by atoms with Crippen LogP contribution in [0.5, 0.6) is 0 Å². The summed E-state index contributed by atoms with van der Waals surface area (Å²) < 4.78 is 2.76. The highest BCUT2D eigenvalue weighted by molar-refractivity contribution is 14.1. The van der Waals surface area contributed by atoms with Crippen LogP contribution in [0.2, 0.25) is 5.02 Å². The number of aromatic nitrogens is 2. The Morgan fingerprint density at radius 1 is 1.65 bits per heavy atom. The van der Waals surface area contributed by atoms with E-state index in [1.807, 2.05) is 18.4 Å². The van der Waals surface area contributed by atoms with Gasteiger partial charge in [-0.3, -0.25) is 9.48 Å². The van der Waals surface area contributed by atoms with Gasteiger partial charge in [-0.05, 0) is 35.1 Å². The minimum Gasteiger partial charge on any atom is -0.287 e. The molecule has 0 amide bonds. The van der Waals surface area contributed by atoms with Crippen molar-refractivity contribution in [1.82, 2.24) is 9.78 Å². The summed E-state index contributed by atoms with van der Waals surface area (Å²) in [5, 5.41) is 6.40. The maximum absolute atomic E-state index is 12.3. The van der Waals surface area contributed by atoms with Gasteiger partial charge in [0, 0.05) is 17.5 Å². The van der Waals surface area contributed by atoms with Crippen LogP contribution in [0.4, 0.5) is 0 Å². The van der Waals surface area contributed by atoms with E-state index >= 15 is 0 Å². The first-order chi connectivity index (χ1) is 8.13. The summed E-state index contributed by atoms with van der Waals surface area (Å²) in [6.07, 6.45) is 2.45. The number of rotatable bonds is 4. The molecule has 0 aliphatic rings. The van der Waals surface area contributed by atoms with Gasteiger partial charge in [-0.1, -0.05) is 18.5 Å². The molecule has 0 aromatic carbocycles. The number of hydrogen-bond donors (Lipinski definition) is 0. The van der Waals surface area contributed by atoms with Gasteiger partial charge in [-0.25, -0.2) is 0 Å². The highest BCUT2D eigenvalue weighted by Crippen LogP contribution is 2.23. The number of nitrogens with zero attached hydrogens (tertiary/aromatic N) is 2. The van der Waals surface area contributed by atoms with E-state index in [0.29, 0.717) is 22.8 Å². The fourth-order valence-corrected chi connectivity index (χ4v) is 3.09. The van der Waals surface area contributed by atoms with Crippen LogP contribution in [0, 0.1) is 2.88 Å². The molecule has 17 heavy (non-hydrogen) atoms. The van der Waals surface area contributed by atoms with Crippen molar-refractivity contribution in [2.75, 3.05) is 0 Å². The second kappa shape index (κ2) is 5.49. The normalized spacial score (nSPS) is 10.8. The summed E-state index contributed by atoms with van der Waals surface area (Å²) in [5.74, 6) is -0.0554. The lowest BCUT2D eigenvalue weighted by molar-refractivity contribution is 0.102. The van der Waals surface area contributed by atoms with Crippen LogP contribution in [0.1, 0.15) is 29.4 Å². The summed E-state index contributed by atoms with van der Waals surface area (Å²) in [6.45, 7) is 2.74. The third kappa shape index (κ3) is 2.71. The van der Waals surface area contributed by atoms with Gasteiger partial charge in [0.15, 0.2) is 0 Å². The molecule has 2 aromatic rings. The summed E-state index contributed by atoms with van der Waals surface area (Å²) in [4.78, 5) is 12.3. The zero-order valence-corrected chi connectivity index (χ0v) is 12.8. The standard InChI is InChI=1S/C11H10ClIN2OS/c1-2-3-15-10(8(12)5-14-15)11(16)7-4-9(13)17-6-7/h4-6H,2-3H2,1H3. The molecule has 0 fully saturated rings. The second-order valence-corrected chi connectivity index (χ2v) is 6.75. The minimum absolute atomic E-state index is 0.0554. The Labute approximate surface area is 122 Å². The molecule has 0 atom stereocenters. The van der Waals surface area contributed by atoms with Gasteiger partial charge in [0.25, 0.3) is 0 Å². The van der Waals surface area contributed by atoms with Crippen molar-refractivity contribution >= 4 is 51.3 Å².